The van der Waals surface area contributed by atoms with Crippen LogP contribution in [0.3, 0.4) is 0 Å². The minimum atomic E-state index is 0.653. The first-order valence-electron chi connectivity index (χ1n) is 5.99. The highest BCUT2D eigenvalue weighted by Gasteiger charge is 2.03. The van der Waals surface area contributed by atoms with Crippen LogP contribution in [0.5, 0.6) is 11.5 Å². The summed E-state index contributed by atoms with van der Waals surface area (Å²) in [6.07, 6.45) is 7.55. The van der Waals surface area contributed by atoms with E-state index in [9.17, 15) is 0 Å². The number of rotatable bonds is 7. The van der Waals surface area contributed by atoms with Crippen LogP contribution in [0.25, 0.3) is 0 Å². The highest BCUT2D eigenvalue weighted by molar-refractivity contribution is 5.51. The summed E-state index contributed by atoms with van der Waals surface area (Å²) in [5, 5.41) is 0. The topological polar surface area (TPSA) is 44.5 Å². The minimum Gasteiger partial charge on any atom is -0.493 e. The van der Waals surface area contributed by atoms with Crippen LogP contribution in [-0.2, 0) is 0 Å². The second-order valence-corrected chi connectivity index (χ2v) is 3.81. The SMILES string of the molecule is CCCC=CCCOc1ccc(N)cc1OC. The molecule has 1 aromatic rings. The van der Waals surface area contributed by atoms with E-state index in [-0.39, 0.29) is 0 Å². The normalized spacial score (nSPS) is 10.7. The number of unbranched alkanes of at least 4 members (excludes halogenated alkanes) is 1. The van der Waals surface area contributed by atoms with Crippen molar-refractivity contribution in [1.82, 2.24) is 0 Å². The van der Waals surface area contributed by atoms with Crippen molar-refractivity contribution in [2.45, 2.75) is 26.2 Å². The lowest BCUT2D eigenvalue weighted by Gasteiger charge is -2.10. The zero-order valence-corrected chi connectivity index (χ0v) is 10.6. The molecule has 0 aliphatic rings. The Kier molecular flexibility index (Phi) is 6.00. The molecule has 0 spiro atoms. The molecule has 0 saturated carbocycles. The van der Waals surface area contributed by atoms with Crippen molar-refractivity contribution in [2.75, 3.05) is 19.5 Å². The smallest absolute Gasteiger partial charge is 0.162 e. The first-order valence-corrected chi connectivity index (χ1v) is 5.99. The van der Waals surface area contributed by atoms with Crippen molar-refractivity contribution < 1.29 is 9.47 Å². The number of allylic oxidation sites excluding steroid dienone is 1. The number of benzene rings is 1. The Morgan fingerprint density at radius 1 is 1.18 bits per heavy atom. The van der Waals surface area contributed by atoms with Crippen LogP contribution in [0, 0.1) is 0 Å². The predicted molar refractivity (Wildman–Crippen MR) is 71.6 cm³/mol. The van der Waals surface area contributed by atoms with Gasteiger partial charge in [0.1, 0.15) is 0 Å². The van der Waals surface area contributed by atoms with Gasteiger partial charge >= 0.3 is 0 Å². The molecule has 2 N–H and O–H groups in total. The number of nitrogens with two attached hydrogens (primary N) is 1. The molecule has 1 aromatic carbocycles. The molecule has 0 atom stereocenters. The van der Waals surface area contributed by atoms with Crippen molar-refractivity contribution in [1.29, 1.82) is 0 Å². The third kappa shape index (κ3) is 4.81. The maximum atomic E-state index is 5.67. The van der Waals surface area contributed by atoms with Gasteiger partial charge in [-0.1, -0.05) is 25.5 Å². The van der Waals surface area contributed by atoms with Crippen molar-refractivity contribution in [3.63, 3.8) is 0 Å². The van der Waals surface area contributed by atoms with Gasteiger partial charge in [0, 0.05) is 11.8 Å². The Morgan fingerprint density at radius 2 is 1.94 bits per heavy atom. The predicted octanol–water partition coefficient (Wildman–Crippen LogP) is 3.40. The summed E-state index contributed by atoms with van der Waals surface area (Å²) in [6.45, 7) is 2.82. The van der Waals surface area contributed by atoms with E-state index in [1.54, 1.807) is 13.2 Å². The molecule has 0 amide bonds. The third-order valence-corrected chi connectivity index (χ3v) is 2.35. The van der Waals surface area contributed by atoms with Gasteiger partial charge in [0.2, 0.25) is 0 Å². The molecule has 0 bridgehead atoms. The van der Waals surface area contributed by atoms with E-state index in [4.69, 9.17) is 15.2 Å². The molecule has 0 aliphatic heterocycles. The van der Waals surface area contributed by atoms with E-state index in [1.807, 2.05) is 12.1 Å². The molecule has 0 fully saturated rings. The van der Waals surface area contributed by atoms with Gasteiger partial charge in [0.15, 0.2) is 11.5 Å². The van der Waals surface area contributed by atoms with E-state index in [2.05, 4.69) is 19.1 Å². The van der Waals surface area contributed by atoms with E-state index >= 15 is 0 Å². The monoisotopic (exact) mass is 235 g/mol. The summed E-state index contributed by atoms with van der Waals surface area (Å²) >= 11 is 0. The summed E-state index contributed by atoms with van der Waals surface area (Å²) in [7, 11) is 1.61. The van der Waals surface area contributed by atoms with Gasteiger partial charge in [-0.15, -0.1) is 0 Å². The molecule has 1 rings (SSSR count). The van der Waals surface area contributed by atoms with Gasteiger partial charge in [-0.25, -0.2) is 0 Å². The molecule has 0 heterocycles. The second-order valence-electron chi connectivity index (χ2n) is 3.81. The fourth-order valence-electron chi connectivity index (χ4n) is 1.44. The lowest BCUT2D eigenvalue weighted by molar-refractivity contribution is 0.300. The maximum absolute atomic E-state index is 5.67. The molecular weight excluding hydrogens is 214 g/mol. The van der Waals surface area contributed by atoms with Crippen molar-refractivity contribution >= 4 is 5.69 Å². The van der Waals surface area contributed by atoms with Gasteiger partial charge < -0.3 is 15.2 Å². The Labute approximate surface area is 103 Å². The zero-order valence-electron chi connectivity index (χ0n) is 10.6. The third-order valence-electron chi connectivity index (χ3n) is 2.35. The molecular formula is C14H21NO2. The van der Waals surface area contributed by atoms with Gasteiger partial charge in [0.25, 0.3) is 0 Å². The average Bonchev–Trinajstić information content (AvgIpc) is 2.35. The molecule has 0 aromatic heterocycles. The molecule has 0 radical (unpaired) electrons. The number of nitrogen functional groups attached to an aromatic ring is 1. The zero-order chi connectivity index (χ0) is 12.5. The van der Waals surface area contributed by atoms with Gasteiger partial charge in [0.05, 0.1) is 13.7 Å². The van der Waals surface area contributed by atoms with Gasteiger partial charge in [-0.3, -0.25) is 0 Å². The summed E-state index contributed by atoms with van der Waals surface area (Å²) in [5.74, 6) is 1.42. The average molecular weight is 235 g/mol. The van der Waals surface area contributed by atoms with Crippen LogP contribution < -0.4 is 15.2 Å². The summed E-state index contributed by atoms with van der Waals surface area (Å²) in [6, 6.07) is 5.41. The van der Waals surface area contributed by atoms with Crippen molar-refractivity contribution in [3.05, 3.63) is 30.4 Å². The molecule has 3 nitrogen and oxygen atoms in total. The molecule has 3 heteroatoms. The maximum Gasteiger partial charge on any atom is 0.162 e. The first kappa shape index (κ1) is 13.4. The molecule has 0 saturated heterocycles. The van der Waals surface area contributed by atoms with Crippen LogP contribution in [0.1, 0.15) is 26.2 Å². The van der Waals surface area contributed by atoms with Crippen LogP contribution in [0.15, 0.2) is 30.4 Å². The van der Waals surface area contributed by atoms with Crippen LogP contribution in [0.2, 0.25) is 0 Å². The fraction of sp³-hybridized carbons (Fsp3) is 0.429. The van der Waals surface area contributed by atoms with E-state index in [0.717, 1.165) is 18.6 Å². The van der Waals surface area contributed by atoms with Gasteiger partial charge in [-0.05, 0) is 25.0 Å². The Morgan fingerprint density at radius 3 is 2.65 bits per heavy atom. The van der Waals surface area contributed by atoms with Crippen molar-refractivity contribution in [3.8, 4) is 11.5 Å². The van der Waals surface area contributed by atoms with E-state index in [1.165, 1.54) is 6.42 Å². The Bertz CT molecular complexity index is 361. The molecule has 0 unspecified atom stereocenters. The van der Waals surface area contributed by atoms with Crippen molar-refractivity contribution in [2.24, 2.45) is 0 Å². The number of methoxy groups -OCH3 is 1. The largest absolute Gasteiger partial charge is 0.493 e. The highest BCUT2D eigenvalue weighted by Crippen LogP contribution is 2.28. The summed E-state index contributed by atoms with van der Waals surface area (Å²) in [4.78, 5) is 0. The second kappa shape index (κ2) is 7.60. The van der Waals surface area contributed by atoms with Crippen LogP contribution >= 0.6 is 0 Å². The number of anilines is 1. The van der Waals surface area contributed by atoms with Crippen LogP contribution in [0.4, 0.5) is 5.69 Å². The highest BCUT2D eigenvalue weighted by atomic mass is 16.5. The number of hydrogen-bond donors (Lipinski definition) is 1. The Hall–Kier alpha value is -1.64. The van der Waals surface area contributed by atoms with Gasteiger partial charge in [-0.2, -0.15) is 0 Å². The summed E-state index contributed by atoms with van der Waals surface area (Å²) in [5.41, 5.74) is 6.34. The number of hydrogen-bond acceptors (Lipinski definition) is 3. The molecule has 94 valence electrons. The first-order chi connectivity index (χ1) is 8.27. The Balaban J connectivity index is 2.41. The summed E-state index contributed by atoms with van der Waals surface area (Å²) < 4.78 is 10.8. The molecule has 17 heavy (non-hydrogen) atoms. The van der Waals surface area contributed by atoms with Crippen LogP contribution in [-0.4, -0.2) is 13.7 Å². The minimum absolute atomic E-state index is 0.653. The van der Waals surface area contributed by atoms with E-state index in [0.29, 0.717) is 18.0 Å². The van der Waals surface area contributed by atoms with E-state index < -0.39 is 0 Å². The fourth-order valence-corrected chi connectivity index (χ4v) is 1.44. The number of ether oxygens (including phenoxy) is 2. The lowest BCUT2D eigenvalue weighted by Crippen LogP contribution is -1.98. The standard InChI is InChI=1S/C14H21NO2/c1-3-4-5-6-7-10-17-13-9-8-12(15)11-14(13)16-2/h5-6,8-9,11H,3-4,7,10,15H2,1-2H3. The quantitative estimate of drug-likeness (QED) is 0.447. The lowest BCUT2D eigenvalue weighted by atomic mass is 10.3. The molecule has 0 aliphatic carbocycles.